The summed E-state index contributed by atoms with van der Waals surface area (Å²) in [6.45, 7) is 0.233. The van der Waals surface area contributed by atoms with Crippen molar-refractivity contribution < 1.29 is 17.9 Å². The first-order valence-corrected chi connectivity index (χ1v) is 7.16. The second-order valence-electron chi connectivity index (χ2n) is 3.54. The van der Waals surface area contributed by atoms with Crippen molar-refractivity contribution in [1.29, 1.82) is 0 Å². The molecule has 0 aliphatic heterocycles. The largest absolute Gasteiger partial charge is 0.356 e. The maximum Gasteiger partial charge on any atom is 0.240 e. The fraction of sp³-hybridized carbons (Fsp3) is 0.455. The number of sulfonamides is 1. The summed E-state index contributed by atoms with van der Waals surface area (Å²) in [4.78, 5) is 0.179. The van der Waals surface area contributed by atoms with Crippen LogP contribution in [0.3, 0.4) is 0 Å². The lowest BCUT2D eigenvalue weighted by Gasteiger charge is -2.13. The SMILES string of the molecule is COC(CCNS(=O)(=O)c1ccc(Cl)cc1)OC. The first-order chi connectivity index (χ1) is 8.49. The van der Waals surface area contributed by atoms with Gasteiger partial charge in [0.2, 0.25) is 10.0 Å². The molecule has 0 radical (unpaired) electrons. The predicted molar refractivity (Wildman–Crippen MR) is 69.1 cm³/mol. The van der Waals surface area contributed by atoms with E-state index >= 15 is 0 Å². The molecule has 7 heteroatoms. The number of rotatable bonds is 7. The molecule has 0 saturated carbocycles. The molecule has 0 amide bonds. The molecule has 0 aliphatic rings. The molecule has 0 aromatic heterocycles. The number of halogens is 1. The van der Waals surface area contributed by atoms with Crippen LogP contribution in [0, 0.1) is 0 Å². The highest BCUT2D eigenvalue weighted by Gasteiger charge is 2.14. The molecule has 0 bridgehead atoms. The van der Waals surface area contributed by atoms with E-state index in [0.717, 1.165) is 0 Å². The first-order valence-electron chi connectivity index (χ1n) is 5.30. The van der Waals surface area contributed by atoms with Gasteiger partial charge in [0.1, 0.15) is 0 Å². The summed E-state index contributed by atoms with van der Waals surface area (Å²) < 4.78 is 36.1. The first kappa shape index (κ1) is 15.4. The van der Waals surface area contributed by atoms with E-state index in [1.807, 2.05) is 0 Å². The van der Waals surface area contributed by atoms with Gasteiger partial charge in [0, 0.05) is 32.2 Å². The number of hydrogen-bond acceptors (Lipinski definition) is 4. The van der Waals surface area contributed by atoms with E-state index in [1.165, 1.54) is 38.5 Å². The second kappa shape index (κ2) is 7.06. The lowest BCUT2D eigenvalue weighted by atomic mass is 10.4. The summed E-state index contributed by atoms with van der Waals surface area (Å²) >= 11 is 5.70. The Labute approximate surface area is 112 Å². The third-order valence-electron chi connectivity index (χ3n) is 2.32. The molecule has 1 rings (SSSR count). The van der Waals surface area contributed by atoms with Crippen molar-refractivity contribution in [2.24, 2.45) is 0 Å². The van der Waals surface area contributed by atoms with Gasteiger partial charge in [-0.25, -0.2) is 13.1 Å². The molecule has 1 N–H and O–H groups in total. The van der Waals surface area contributed by atoms with E-state index in [0.29, 0.717) is 11.4 Å². The van der Waals surface area contributed by atoms with Crippen molar-refractivity contribution in [1.82, 2.24) is 4.72 Å². The molecule has 1 aromatic carbocycles. The number of nitrogens with one attached hydrogen (secondary N) is 1. The van der Waals surface area contributed by atoms with E-state index in [2.05, 4.69) is 4.72 Å². The number of methoxy groups -OCH3 is 2. The van der Waals surface area contributed by atoms with E-state index in [1.54, 1.807) is 0 Å². The second-order valence-corrected chi connectivity index (χ2v) is 5.74. The van der Waals surface area contributed by atoms with Crippen molar-refractivity contribution in [2.45, 2.75) is 17.6 Å². The Bertz CT molecular complexity index is 456. The van der Waals surface area contributed by atoms with Gasteiger partial charge in [-0.3, -0.25) is 0 Å². The summed E-state index contributed by atoms with van der Waals surface area (Å²) in [5.74, 6) is 0. The third kappa shape index (κ3) is 4.55. The highest BCUT2D eigenvalue weighted by Crippen LogP contribution is 2.13. The Morgan fingerprint density at radius 3 is 2.28 bits per heavy atom. The van der Waals surface area contributed by atoms with Crippen LogP contribution in [0.25, 0.3) is 0 Å². The van der Waals surface area contributed by atoms with Gasteiger partial charge in [0.25, 0.3) is 0 Å². The maximum absolute atomic E-state index is 11.9. The van der Waals surface area contributed by atoms with Crippen molar-refractivity contribution in [3.8, 4) is 0 Å². The average Bonchev–Trinajstić information content (AvgIpc) is 2.35. The van der Waals surface area contributed by atoms with Crippen molar-refractivity contribution in [3.63, 3.8) is 0 Å². The van der Waals surface area contributed by atoms with E-state index in [9.17, 15) is 8.42 Å². The Hall–Kier alpha value is -0.660. The van der Waals surface area contributed by atoms with Gasteiger partial charge < -0.3 is 9.47 Å². The standard InChI is InChI=1S/C11H16ClNO4S/c1-16-11(17-2)7-8-13-18(14,15)10-5-3-9(12)4-6-10/h3-6,11,13H,7-8H2,1-2H3. The molecule has 0 fully saturated rings. The van der Waals surface area contributed by atoms with Crippen LogP contribution in [0.2, 0.25) is 5.02 Å². The van der Waals surface area contributed by atoms with E-state index in [-0.39, 0.29) is 11.4 Å². The normalized spacial score (nSPS) is 12.0. The van der Waals surface area contributed by atoms with Crippen molar-refractivity contribution in [3.05, 3.63) is 29.3 Å². The summed E-state index contributed by atoms with van der Waals surface area (Å²) in [6.07, 6.45) is 0.0118. The van der Waals surface area contributed by atoms with Gasteiger partial charge in [-0.2, -0.15) is 0 Å². The monoisotopic (exact) mass is 293 g/mol. The topological polar surface area (TPSA) is 64.6 Å². The van der Waals surface area contributed by atoms with Crippen LogP contribution >= 0.6 is 11.6 Å². The minimum Gasteiger partial charge on any atom is -0.356 e. The summed E-state index contributed by atoms with van der Waals surface area (Å²) in [5.41, 5.74) is 0. The lowest BCUT2D eigenvalue weighted by Crippen LogP contribution is -2.28. The van der Waals surface area contributed by atoms with Gasteiger partial charge in [-0.15, -0.1) is 0 Å². The predicted octanol–water partition coefficient (Wildman–Crippen LogP) is 1.63. The summed E-state index contributed by atoms with van der Waals surface area (Å²) in [5, 5.41) is 0.493. The van der Waals surface area contributed by atoms with Crippen LogP contribution in [0.4, 0.5) is 0 Å². The lowest BCUT2D eigenvalue weighted by molar-refractivity contribution is -0.104. The molecule has 0 spiro atoms. The zero-order chi connectivity index (χ0) is 13.6. The molecule has 18 heavy (non-hydrogen) atoms. The van der Waals surface area contributed by atoms with Gasteiger partial charge in [-0.1, -0.05) is 11.6 Å². The van der Waals surface area contributed by atoms with E-state index in [4.69, 9.17) is 21.1 Å². The van der Waals surface area contributed by atoms with Crippen molar-refractivity contribution in [2.75, 3.05) is 20.8 Å². The molecule has 0 aliphatic carbocycles. The minimum atomic E-state index is -3.51. The van der Waals surface area contributed by atoms with Crippen LogP contribution in [0.1, 0.15) is 6.42 Å². The number of ether oxygens (including phenoxy) is 2. The molecule has 1 aromatic rings. The van der Waals surface area contributed by atoms with Crippen molar-refractivity contribution >= 4 is 21.6 Å². The number of hydrogen-bond donors (Lipinski definition) is 1. The van der Waals surface area contributed by atoms with Crippen LogP contribution < -0.4 is 4.72 Å². The number of benzene rings is 1. The fourth-order valence-electron chi connectivity index (χ4n) is 1.34. The van der Waals surface area contributed by atoms with Crippen LogP contribution in [0.15, 0.2) is 29.2 Å². The minimum absolute atomic E-state index is 0.179. The average molecular weight is 294 g/mol. The Morgan fingerprint density at radius 2 is 1.78 bits per heavy atom. The molecule has 5 nitrogen and oxygen atoms in total. The molecule has 0 saturated heterocycles. The zero-order valence-corrected chi connectivity index (χ0v) is 11.8. The Balaban J connectivity index is 2.57. The fourth-order valence-corrected chi connectivity index (χ4v) is 2.51. The third-order valence-corrected chi connectivity index (χ3v) is 4.05. The maximum atomic E-state index is 11.9. The smallest absolute Gasteiger partial charge is 0.240 e. The van der Waals surface area contributed by atoms with Crippen LogP contribution in [-0.4, -0.2) is 35.5 Å². The van der Waals surface area contributed by atoms with Gasteiger partial charge in [0.05, 0.1) is 4.90 Å². The van der Waals surface area contributed by atoms with Crippen LogP contribution in [-0.2, 0) is 19.5 Å². The zero-order valence-electron chi connectivity index (χ0n) is 10.2. The highest BCUT2D eigenvalue weighted by atomic mass is 35.5. The van der Waals surface area contributed by atoms with E-state index < -0.39 is 16.3 Å². The Morgan fingerprint density at radius 1 is 1.22 bits per heavy atom. The van der Waals surface area contributed by atoms with Crippen LogP contribution in [0.5, 0.6) is 0 Å². The molecule has 0 unspecified atom stereocenters. The Kier molecular flexibility index (Phi) is 6.04. The molecular formula is C11H16ClNO4S. The molecule has 102 valence electrons. The molecule has 0 heterocycles. The summed E-state index contributed by atoms with van der Waals surface area (Å²) in [6, 6.07) is 5.97. The highest BCUT2D eigenvalue weighted by molar-refractivity contribution is 7.89. The van der Waals surface area contributed by atoms with Gasteiger partial charge in [0.15, 0.2) is 6.29 Å². The quantitative estimate of drug-likeness (QED) is 0.776. The molecular weight excluding hydrogens is 278 g/mol. The molecule has 0 atom stereocenters. The van der Waals surface area contributed by atoms with Gasteiger partial charge >= 0.3 is 0 Å². The van der Waals surface area contributed by atoms with Gasteiger partial charge in [-0.05, 0) is 24.3 Å². The summed E-state index contributed by atoms with van der Waals surface area (Å²) in [7, 11) is -0.505.